The SMILES string of the molecule is [2H]c1c([2H])c(CSc2nc(=O)c3c(n2CC(=O)N(Cc2c([2H])c([2H])c(-c4c([2H])c([2H])c(C(F)(F)F)c([2H])c4[2H])c([2H])c2[2H])C([2H])([2H])C([2H])([2H])N(C([2H])([2H])C)C([2H])([2H])C)CCC3)c([2H])c([2H])c1F. The Morgan fingerprint density at radius 2 is 1.55 bits per heavy atom. The molecule has 1 amide bonds. The Kier molecular flexibility index (Phi) is 5.51. The van der Waals surface area contributed by atoms with Crippen molar-refractivity contribution in [1.82, 2.24) is 19.4 Å². The summed E-state index contributed by atoms with van der Waals surface area (Å²) in [6, 6.07) is -14.5. The van der Waals surface area contributed by atoms with Crippen molar-refractivity contribution in [3.8, 4) is 11.1 Å². The summed E-state index contributed by atoms with van der Waals surface area (Å²) in [4.78, 5) is 31.9. The van der Waals surface area contributed by atoms with Gasteiger partial charge >= 0.3 is 6.18 Å². The molecule has 0 unspecified atom stereocenters. The molecule has 1 heterocycles. The van der Waals surface area contributed by atoms with Crippen LogP contribution in [0.25, 0.3) is 11.1 Å². The number of hydrogen-bond acceptors (Lipinski definition) is 5. The largest absolute Gasteiger partial charge is 0.416 e. The lowest BCUT2D eigenvalue weighted by Gasteiger charge is -2.28. The van der Waals surface area contributed by atoms with Crippen LogP contribution in [0.5, 0.6) is 0 Å². The van der Waals surface area contributed by atoms with E-state index >= 15 is 0 Å². The second kappa shape index (κ2) is 15.3. The van der Waals surface area contributed by atoms with Crippen molar-refractivity contribution >= 4 is 17.7 Å². The number of likely N-dealkylation sites (N-methyl/N-ethyl adjacent to an activating group) is 1. The van der Waals surface area contributed by atoms with Crippen molar-refractivity contribution in [3.05, 3.63) is 117 Å². The smallest absolute Gasteiger partial charge is 0.336 e. The summed E-state index contributed by atoms with van der Waals surface area (Å²) in [7, 11) is 0. The highest BCUT2D eigenvalue weighted by Crippen LogP contribution is 2.31. The zero-order chi connectivity index (χ0) is 51.2. The summed E-state index contributed by atoms with van der Waals surface area (Å²) in [5, 5.41) is -0.356. The summed E-state index contributed by atoms with van der Waals surface area (Å²) < 4.78 is 226. The fourth-order valence-corrected chi connectivity index (χ4v) is 5.31. The maximum absolute atomic E-state index is 14.9. The number of carbonyl (C=O) groups excluding carboxylic acids is 1. The molecule has 47 heavy (non-hydrogen) atoms. The first-order valence-electron chi connectivity index (χ1n) is 23.8. The second-order valence-corrected chi connectivity index (χ2v) is 10.7. The van der Waals surface area contributed by atoms with E-state index in [2.05, 4.69) is 4.98 Å². The lowest BCUT2D eigenvalue weighted by atomic mass is 10.0. The molecule has 0 saturated carbocycles. The predicted molar refractivity (Wildman–Crippen MR) is 177 cm³/mol. The van der Waals surface area contributed by atoms with Gasteiger partial charge < -0.3 is 14.4 Å². The lowest BCUT2D eigenvalue weighted by Crippen LogP contribution is -2.40. The van der Waals surface area contributed by atoms with Crippen molar-refractivity contribution < 1.29 is 49.8 Å². The number of carbonyl (C=O) groups is 1. The number of fused-ring (bicyclic) bond motifs is 1. The summed E-state index contributed by atoms with van der Waals surface area (Å²) in [5.74, 6) is -3.48. The van der Waals surface area contributed by atoms with Gasteiger partial charge in [0.2, 0.25) is 5.91 Å². The normalized spacial score (nSPS) is 20.1. The maximum Gasteiger partial charge on any atom is 0.416 e. The fraction of sp³-hybridized carbons (Fsp3) is 0.361. The molecule has 248 valence electrons. The molecule has 0 fully saturated rings. The van der Waals surface area contributed by atoms with E-state index in [1.54, 1.807) is 0 Å². The van der Waals surface area contributed by atoms with E-state index in [1.807, 2.05) is 0 Å². The second-order valence-electron chi connectivity index (χ2n) is 9.73. The van der Waals surface area contributed by atoms with Crippen LogP contribution in [0.4, 0.5) is 17.6 Å². The van der Waals surface area contributed by atoms with E-state index in [0.717, 1.165) is 4.57 Å². The van der Waals surface area contributed by atoms with Gasteiger partial charge in [-0.05, 0) is 78.7 Å². The van der Waals surface area contributed by atoms with Gasteiger partial charge in [-0.2, -0.15) is 18.2 Å². The Morgan fingerprint density at radius 3 is 2.17 bits per heavy atom. The number of rotatable bonds is 13. The van der Waals surface area contributed by atoms with Crippen LogP contribution in [0, 0.1) is 5.82 Å². The van der Waals surface area contributed by atoms with Crippen molar-refractivity contribution in [3.63, 3.8) is 0 Å². The number of thioether (sulfide) groups is 1. The Labute approximate surface area is 304 Å². The molecule has 6 nitrogen and oxygen atoms in total. The first-order valence-corrected chi connectivity index (χ1v) is 14.8. The van der Waals surface area contributed by atoms with Crippen LogP contribution >= 0.6 is 11.8 Å². The zero-order valence-corrected chi connectivity index (χ0v) is 25.6. The minimum absolute atomic E-state index is 0.00560. The van der Waals surface area contributed by atoms with E-state index < -0.39 is 163 Å². The quantitative estimate of drug-likeness (QED) is 0.0845. The highest BCUT2D eigenvalue weighted by molar-refractivity contribution is 7.98. The number of hydrogen-bond donors (Lipinski definition) is 0. The Hall–Kier alpha value is -3.96. The van der Waals surface area contributed by atoms with Gasteiger partial charge in [0.25, 0.3) is 5.56 Å². The van der Waals surface area contributed by atoms with Gasteiger partial charge in [-0.15, -0.1) is 0 Å². The minimum Gasteiger partial charge on any atom is -0.336 e. The highest BCUT2D eigenvalue weighted by Gasteiger charge is 2.30. The molecule has 0 atom stereocenters. The lowest BCUT2D eigenvalue weighted by molar-refractivity contribution is -0.137. The molecular weight excluding hydrogens is 628 g/mol. The van der Waals surface area contributed by atoms with Crippen LogP contribution in [0.2, 0.25) is 0 Å². The Balaban J connectivity index is 1.75. The topological polar surface area (TPSA) is 58.4 Å². The maximum atomic E-state index is 14.9. The third-order valence-electron chi connectivity index (χ3n) is 6.68. The van der Waals surface area contributed by atoms with Crippen molar-refractivity contribution in [2.45, 2.75) is 63.3 Å². The number of alkyl halides is 3. The van der Waals surface area contributed by atoms with Gasteiger partial charge in [0.05, 0.1) is 24.8 Å². The molecule has 1 aliphatic rings. The number of aromatic nitrogens is 2. The highest BCUT2D eigenvalue weighted by atomic mass is 32.2. The molecule has 0 bridgehead atoms. The first kappa shape index (κ1) is 16.9. The summed E-state index contributed by atoms with van der Waals surface area (Å²) >= 11 is 0.576. The van der Waals surface area contributed by atoms with Gasteiger partial charge in [-0.3, -0.25) is 9.59 Å². The molecule has 0 spiro atoms. The third-order valence-corrected chi connectivity index (χ3v) is 7.69. The Morgan fingerprint density at radius 1 is 0.936 bits per heavy atom. The first-order chi connectivity index (χ1) is 30.4. The van der Waals surface area contributed by atoms with Gasteiger partial charge in [0, 0.05) is 44.8 Å². The molecule has 3 aromatic carbocycles. The van der Waals surface area contributed by atoms with Crippen LogP contribution < -0.4 is 5.56 Å². The molecule has 0 saturated heterocycles. The summed E-state index contributed by atoms with van der Waals surface area (Å²) in [6.07, 6.45) is -4.86. The zero-order valence-electron chi connectivity index (χ0n) is 44.8. The molecule has 1 aromatic heterocycles. The van der Waals surface area contributed by atoms with Crippen LogP contribution in [0.15, 0.2) is 82.5 Å². The van der Waals surface area contributed by atoms with E-state index in [9.17, 15) is 29.9 Å². The summed E-state index contributed by atoms with van der Waals surface area (Å²) in [5.41, 5.74) is -5.95. The van der Waals surface area contributed by atoms with Crippen molar-refractivity contribution in [2.75, 3.05) is 26.0 Å². The molecular formula is C36H38F4N4O2S. The van der Waals surface area contributed by atoms with E-state index in [0.29, 0.717) is 32.0 Å². The van der Waals surface area contributed by atoms with Gasteiger partial charge in [0.1, 0.15) is 12.4 Å². The number of nitrogens with zero attached hydrogens (tertiary/aromatic N) is 4. The van der Waals surface area contributed by atoms with Crippen LogP contribution in [0.1, 0.15) is 75.6 Å². The average molecular weight is 687 g/mol. The number of amides is 1. The van der Waals surface area contributed by atoms with E-state index in [-0.39, 0.29) is 44.6 Å². The molecule has 4 aromatic rings. The number of benzene rings is 3. The van der Waals surface area contributed by atoms with Crippen molar-refractivity contribution in [1.29, 1.82) is 0 Å². The van der Waals surface area contributed by atoms with Crippen LogP contribution in [-0.2, 0) is 42.7 Å². The van der Waals surface area contributed by atoms with E-state index in [1.165, 1.54) is 0 Å². The third kappa shape index (κ3) is 8.70. The molecule has 5 rings (SSSR count). The number of halogens is 4. The molecule has 0 N–H and O–H groups in total. The summed E-state index contributed by atoms with van der Waals surface area (Å²) in [6.45, 7) is -15.2. The fourth-order valence-electron chi connectivity index (χ4n) is 4.42. The van der Waals surface area contributed by atoms with Crippen molar-refractivity contribution in [2.24, 2.45) is 0 Å². The standard InChI is InChI=1S/C36H38F4N4O2S/c1-3-42(4-2)20-21-43(22-25-8-12-27(13-9-25)28-14-16-29(17-15-28)36(38,39)40)33(45)23-44-32-7-5-6-31(32)34(46)41-35(44)47-24-26-10-18-30(37)19-11-26/h8-19H,3-7,20-24H2,1-2H3/i3D2,4D2,8D,9D,10D,11D,12D,13D,14D,15D,16D,17D,18D,19D,20D2,21D2. The molecule has 11 heteroatoms. The molecule has 0 aliphatic heterocycles. The minimum atomic E-state index is -5.40. The van der Waals surface area contributed by atoms with E-state index in [4.69, 9.17) is 24.7 Å². The molecule has 1 aliphatic carbocycles. The van der Waals surface area contributed by atoms with Crippen LogP contribution in [-0.4, -0.2) is 51.2 Å². The van der Waals surface area contributed by atoms with Crippen LogP contribution in [0.3, 0.4) is 0 Å². The average Bonchev–Trinajstić information content (AvgIpc) is 3.69. The molecule has 0 radical (unpaired) electrons. The van der Waals surface area contributed by atoms with Gasteiger partial charge in [-0.1, -0.05) is 73.9 Å². The monoisotopic (exact) mass is 686 g/mol. The predicted octanol–water partition coefficient (Wildman–Crippen LogP) is 7.22. The Bertz CT molecular complexity index is 2660. The van der Waals surface area contributed by atoms with Gasteiger partial charge in [0.15, 0.2) is 5.16 Å². The van der Waals surface area contributed by atoms with Gasteiger partial charge in [-0.25, -0.2) is 4.39 Å².